The number of nitrogens with zero attached hydrogens (tertiary/aromatic N) is 1. The maximum absolute atomic E-state index is 12.0. The van der Waals surface area contributed by atoms with Crippen molar-refractivity contribution in [2.75, 3.05) is 12.3 Å². The Labute approximate surface area is 136 Å². The van der Waals surface area contributed by atoms with Crippen molar-refractivity contribution >= 4 is 44.0 Å². The molecule has 0 saturated heterocycles. The summed E-state index contributed by atoms with van der Waals surface area (Å²) in [6.45, 7) is 1.66. The van der Waals surface area contributed by atoms with Gasteiger partial charge in [0.25, 0.3) is 0 Å². The number of anilines is 1. The first kappa shape index (κ1) is 15.7. The summed E-state index contributed by atoms with van der Waals surface area (Å²) in [6.07, 6.45) is 1.62. The molecule has 0 aliphatic heterocycles. The molecule has 6 nitrogen and oxygen atoms in total. The van der Waals surface area contributed by atoms with Gasteiger partial charge in [-0.25, -0.2) is 4.79 Å². The van der Waals surface area contributed by atoms with Crippen molar-refractivity contribution in [3.05, 3.63) is 34.3 Å². The molecule has 0 aliphatic rings. The van der Waals surface area contributed by atoms with Gasteiger partial charge in [0.15, 0.2) is 0 Å². The van der Waals surface area contributed by atoms with Crippen LogP contribution in [0, 0.1) is 0 Å². The summed E-state index contributed by atoms with van der Waals surface area (Å²) in [7, 11) is 0. The highest BCUT2D eigenvalue weighted by molar-refractivity contribution is 7.22. The minimum atomic E-state index is -0.450. The fourth-order valence-electron chi connectivity index (χ4n) is 2.53. The van der Waals surface area contributed by atoms with Gasteiger partial charge in [-0.1, -0.05) is 0 Å². The lowest BCUT2D eigenvalue weighted by Crippen LogP contribution is -2.04. The van der Waals surface area contributed by atoms with E-state index in [0.717, 1.165) is 10.1 Å². The molecule has 0 saturated carbocycles. The van der Waals surface area contributed by atoms with Gasteiger partial charge in [-0.05, 0) is 30.2 Å². The van der Waals surface area contributed by atoms with Crippen molar-refractivity contribution in [1.82, 2.24) is 4.98 Å². The molecule has 23 heavy (non-hydrogen) atoms. The normalized spacial score (nSPS) is 11.3. The zero-order chi connectivity index (χ0) is 16.6. The minimum absolute atomic E-state index is 0.174. The van der Waals surface area contributed by atoms with Crippen LogP contribution in [0.1, 0.15) is 27.7 Å². The second-order valence-corrected chi connectivity index (χ2v) is 6.04. The third-order valence-electron chi connectivity index (χ3n) is 3.68. The van der Waals surface area contributed by atoms with Crippen LogP contribution in [0.25, 0.3) is 21.0 Å². The molecule has 4 N–H and O–H groups in total. The predicted molar refractivity (Wildman–Crippen MR) is 89.3 cm³/mol. The molecule has 0 spiro atoms. The number of aliphatic hydroxyl groups excluding tert-OH is 2. The van der Waals surface area contributed by atoms with Crippen LogP contribution in [-0.2, 0) is 18.0 Å². The van der Waals surface area contributed by atoms with Crippen LogP contribution in [0.5, 0.6) is 0 Å². The number of esters is 1. The van der Waals surface area contributed by atoms with Gasteiger partial charge >= 0.3 is 5.97 Å². The summed E-state index contributed by atoms with van der Waals surface area (Å²) in [6, 6.07) is 3.52. The molecule has 0 amide bonds. The number of benzene rings is 1. The van der Waals surface area contributed by atoms with E-state index in [4.69, 9.17) is 10.5 Å². The molecule has 2 aromatic heterocycles. The quantitative estimate of drug-likeness (QED) is 0.633. The highest BCUT2D eigenvalue weighted by atomic mass is 32.1. The standard InChI is InChI=1S/C16H16N2O4S/c1-2-22-16(21)15-13(17)11-5-18-12-4-9(7-20)8(6-19)3-10(12)14(11)23-15/h3-5,19-20H,2,6-7,17H2,1H3. The van der Waals surface area contributed by atoms with Gasteiger partial charge < -0.3 is 20.7 Å². The van der Waals surface area contributed by atoms with Crippen LogP contribution >= 0.6 is 11.3 Å². The smallest absolute Gasteiger partial charge is 0.350 e. The number of carbonyl (C=O) groups excluding carboxylic acids is 1. The SMILES string of the molecule is CCOC(=O)c1sc2c(cnc3cc(CO)c(CO)cc32)c1N. The van der Waals surface area contributed by atoms with E-state index < -0.39 is 5.97 Å². The van der Waals surface area contributed by atoms with Crippen LogP contribution in [0.15, 0.2) is 18.3 Å². The van der Waals surface area contributed by atoms with Crippen LogP contribution in [-0.4, -0.2) is 27.8 Å². The third-order valence-corrected chi connectivity index (χ3v) is 4.92. The van der Waals surface area contributed by atoms with E-state index in [2.05, 4.69) is 4.98 Å². The van der Waals surface area contributed by atoms with Crippen molar-refractivity contribution in [2.45, 2.75) is 20.1 Å². The van der Waals surface area contributed by atoms with Crippen molar-refractivity contribution < 1.29 is 19.7 Å². The van der Waals surface area contributed by atoms with Gasteiger partial charge in [-0.2, -0.15) is 0 Å². The van der Waals surface area contributed by atoms with Gasteiger partial charge in [0.1, 0.15) is 4.88 Å². The average molecular weight is 332 g/mol. The fourth-order valence-corrected chi connectivity index (χ4v) is 3.64. The Morgan fingerprint density at radius 2 is 1.96 bits per heavy atom. The van der Waals surface area contributed by atoms with Gasteiger partial charge in [0.05, 0.1) is 31.0 Å². The second kappa shape index (κ2) is 6.11. The number of carbonyl (C=O) groups is 1. The van der Waals surface area contributed by atoms with Crippen LogP contribution in [0.3, 0.4) is 0 Å². The number of hydrogen-bond acceptors (Lipinski definition) is 7. The summed E-state index contributed by atoms with van der Waals surface area (Å²) in [5.41, 5.74) is 8.35. The zero-order valence-corrected chi connectivity index (χ0v) is 13.3. The number of nitrogen functional groups attached to an aromatic ring is 1. The lowest BCUT2D eigenvalue weighted by molar-refractivity contribution is 0.0533. The topological polar surface area (TPSA) is 106 Å². The van der Waals surface area contributed by atoms with Gasteiger partial charge in [0.2, 0.25) is 0 Å². The maximum atomic E-state index is 12.0. The molecule has 0 atom stereocenters. The Kier molecular flexibility index (Phi) is 4.16. The number of aromatic nitrogens is 1. The third kappa shape index (κ3) is 2.52. The van der Waals surface area contributed by atoms with Crippen LogP contribution in [0.4, 0.5) is 5.69 Å². The summed E-state index contributed by atoms with van der Waals surface area (Å²) < 4.78 is 5.84. The molecule has 2 heterocycles. The van der Waals surface area contributed by atoms with E-state index in [0.29, 0.717) is 32.6 Å². The van der Waals surface area contributed by atoms with E-state index in [1.807, 2.05) is 0 Å². The highest BCUT2D eigenvalue weighted by Crippen LogP contribution is 2.38. The number of ether oxygens (including phenoxy) is 1. The lowest BCUT2D eigenvalue weighted by Gasteiger charge is -2.07. The molecular formula is C16H16N2O4S. The molecule has 1 aromatic carbocycles. The van der Waals surface area contributed by atoms with Crippen molar-refractivity contribution in [3.8, 4) is 0 Å². The number of rotatable bonds is 4. The molecule has 0 unspecified atom stereocenters. The summed E-state index contributed by atoms with van der Waals surface area (Å²) >= 11 is 1.25. The average Bonchev–Trinajstić information content (AvgIpc) is 2.91. The Hall–Kier alpha value is -2.22. The van der Waals surface area contributed by atoms with Gasteiger partial charge in [0, 0.05) is 21.7 Å². The molecule has 120 valence electrons. The molecule has 7 heteroatoms. The first-order valence-corrected chi connectivity index (χ1v) is 7.93. The van der Waals surface area contributed by atoms with Crippen molar-refractivity contribution in [2.24, 2.45) is 0 Å². The molecule has 0 fully saturated rings. The fraction of sp³-hybridized carbons (Fsp3) is 0.250. The largest absolute Gasteiger partial charge is 0.462 e. The predicted octanol–water partition coefficient (Wildman–Crippen LogP) is 2.19. The number of pyridine rings is 1. The molecule has 3 rings (SSSR count). The Morgan fingerprint density at radius 1 is 1.26 bits per heavy atom. The highest BCUT2D eigenvalue weighted by Gasteiger charge is 2.19. The van der Waals surface area contributed by atoms with Crippen LogP contribution < -0.4 is 5.73 Å². The van der Waals surface area contributed by atoms with E-state index in [-0.39, 0.29) is 19.8 Å². The first-order valence-electron chi connectivity index (χ1n) is 7.12. The van der Waals surface area contributed by atoms with E-state index in [9.17, 15) is 15.0 Å². The van der Waals surface area contributed by atoms with Crippen molar-refractivity contribution in [1.29, 1.82) is 0 Å². The molecule has 0 bridgehead atoms. The molecule has 3 aromatic rings. The zero-order valence-electron chi connectivity index (χ0n) is 12.5. The van der Waals surface area contributed by atoms with Crippen molar-refractivity contribution in [3.63, 3.8) is 0 Å². The lowest BCUT2D eigenvalue weighted by atomic mass is 10.0. The Balaban J connectivity index is 2.30. The van der Waals surface area contributed by atoms with Gasteiger partial charge in [-0.15, -0.1) is 11.3 Å². The monoisotopic (exact) mass is 332 g/mol. The number of fused-ring (bicyclic) bond motifs is 3. The molecule has 0 radical (unpaired) electrons. The minimum Gasteiger partial charge on any atom is -0.462 e. The summed E-state index contributed by atoms with van der Waals surface area (Å²) in [4.78, 5) is 16.7. The van der Waals surface area contributed by atoms with E-state index >= 15 is 0 Å². The number of thiophene rings is 1. The molecule has 0 aliphatic carbocycles. The first-order chi connectivity index (χ1) is 11.1. The maximum Gasteiger partial charge on any atom is 0.350 e. The Bertz CT molecular complexity index is 904. The summed E-state index contributed by atoms with van der Waals surface area (Å²) in [5.74, 6) is -0.450. The number of aliphatic hydroxyl groups is 2. The number of nitrogens with two attached hydrogens (primary N) is 1. The summed E-state index contributed by atoms with van der Waals surface area (Å²) in [5, 5.41) is 20.3. The number of hydrogen-bond donors (Lipinski definition) is 3. The van der Waals surface area contributed by atoms with E-state index in [1.165, 1.54) is 11.3 Å². The Morgan fingerprint density at radius 3 is 2.61 bits per heavy atom. The van der Waals surface area contributed by atoms with Crippen LogP contribution in [0.2, 0.25) is 0 Å². The second-order valence-electron chi connectivity index (χ2n) is 5.02. The van der Waals surface area contributed by atoms with Gasteiger partial charge in [-0.3, -0.25) is 4.98 Å². The van der Waals surface area contributed by atoms with E-state index in [1.54, 1.807) is 25.3 Å². The molecular weight excluding hydrogens is 316 g/mol.